The van der Waals surface area contributed by atoms with E-state index in [0.29, 0.717) is 12.5 Å². The molecule has 4 nitrogen and oxygen atoms in total. The van der Waals surface area contributed by atoms with Crippen molar-refractivity contribution in [2.24, 2.45) is 0 Å². The van der Waals surface area contributed by atoms with Crippen molar-refractivity contribution in [3.05, 3.63) is 60.6 Å². The molecule has 3 rings (SSSR count). The maximum Gasteiger partial charge on any atom is 0.223 e. The number of anilines is 1. The zero-order valence-corrected chi connectivity index (χ0v) is 9.74. The average molecular weight is 236 g/mol. The normalized spacial score (nSPS) is 10.4. The van der Waals surface area contributed by atoms with E-state index in [2.05, 4.69) is 20.3 Å². The van der Waals surface area contributed by atoms with E-state index in [1.807, 2.05) is 42.6 Å². The monoisotopic (exact) mass is 236 g/mol. The molecule has 0 fully saturated rings. The first kappa shape index (κ1) is 10.7. The third kappa shape index (κ3) is 2.27. The Morgan fingerprint density at radius 1 is 1.00 bits per heavy atom. The Bertz CT molecular complexity index is 652. The Balaban J connectivity index is 1.79. The van der Waals surface area contributed by atoms with Gasteiger partial charge in [0.05, 0.1) is 5.52 Å². The fourth-order valence-electron chi connectivity index (χ4n) is 1.74. The minimum atomic E-state index is 0.644. The molecule has 1 aromatic carbocycles. The molecule has 0 saturated carbocycles. The van der Waals surface area contributed by atoms with Gasteiger partial charge in [0.2, 0.25) is 5.95 Å². The molecule has 0 aliphatic carbocycles. The second kappa shape index (κ2) is 4.79. The summed E-state index contributed by atoms with van der Waals surface area (Å²) in [6, 6.07) is 11.9. The molecule has 2 aromatic heterocycles. The number of benzene rings is 1. The number of aromatic nitrogens is 3. The molecule has 18 heavy (non-hydrogen) atoms. The highest BCUT2D eigenvalue weighted by molar-refractivity contribution is 5.78. The summed E-state index contributed by atoms with van der Waals surface area (Å²) in [4.78, 5) is 12.7. The third-order valence-electron chi connectivity index (χ3n) is 2.69. The van der Waals surface area contributed by atoms with E-state index in [9.17, 15) is 0 Å². The van der Waals surface area contributed by atoms with Gasteiger partial charge in [-0.1, -0.05) is 18.2 Å². The minimum Gasteiger partial charge on any atom is -0.350 e. The van der Waals surface area contributed by atoms with E-state index in [1.165, 1.54) is 0 Å². The minimum absolute atomic E-state index is 0.644. The number of nitrogens with zero attached hydrogens (tertiary/aromatic N) is 3. The van der Waals surface area contributed by atoms with Crippen molar-refractivity contribution < 1.29 is 0 Å². The predicted octanol–water partition coefficient (Wildman–Crippen LogP) is 2.64. The molecule has 3 aromatic rings. The second-order valence-corrected chi connectivity index (χ2v) is 3.96. The van der Waals surface area contributed by atoms with Gasteiger partial charge in [-0.05, 0) is 23.8 Å². The zero-order valence-electron chi connectivity index (χ0n) is 9.74. The van der Waals surface area contributed by atoms with Crippen LogP contribution in [0.4, 0.5) is 5.95 Å². The molecule has 0 radical (unpaired) electrons. The molecule has 0 bridgehead atoms. The first-order chi connectivity index (χ1) is 8.92. The smallest absolute Gasteiger partial charge is 0.223 e. The Kier molecular flexibility index (Phi) is 2.84. The van der Waals surface area contributed by atoms with Crippen LogP contribution in [0.15, 0.2) is 55.0 Å². The topological polar surface area (TPSA) is 50.7 Å². The fraction of sp³-hybridized carbons (Fsp3) is 0.0714. The van der Waals surface area contributed by atoms with Gasteiger partial charge >= 0.3 is 0 Å². The summed E-state index contributed by atoms with van der Waals surface area (Å²) in [5.41, 5.74) is 2.10. The lowest BCUT2D eigenvalue weighted by Crippen LogP contribution is -2.03. The maximum atomic E-state index is 4.45. The molecule has 0 atom stereocenters. The molecular weight excluding hydrogens is 224 g/mol. The molecule has 0 aliphatic rings. The molecule has 0 spiro atoms. The summed E-state index contributed by atoms with van der Waals surface area (Å²) in [5.74, 6) is 0.644. The quantitative estimate of drug-likeness (QED) is 0.759. The SMILES string of the molecule is c1ccc2nc(NCc3ccncc3)ncc2c1. The number of fused-ring (bicyclic) bond motifs is 1. The van der Waals surface area contributed by atoms with E-state index in [-0.39, 0.29) is 0 Å². The average Bonchev–Trinajstić information content (AvgIpc) is 2.46. The van der Waals surface area contributed by atoms with Crippen LogP contribution < -0.4 is 5.32 Å². The van der Waals surface area contributed by atoms with Gasteiger partial charge in [0.15, 0.2) is 0 Å². The van der Waals surface area contributed by atoms with Gasteiger partial charge in [0, 0.05) is 30.5 Å². The van der Waals surface area contributed by atoms with Crippen LogP contribution in [0.25, 0.3) is 10.9 Å². The van der Waals surface area contributed by atoms with Crippen LogP contribution in [0.5, 0.6) is 0 Å². The van der Waals surface area contributed by atoms with Gasteiger partial charge in [-0.2, -0.15) is 0 Å². The lowest BCUT2D eigenvalue weighted by molar-refractivity contribution is 1.06. The number of nitrogens with one attached hydrogen (secondary N) is 1. The first-order valence-electron chi connectivity index (χ1n) is 5.76. The van der Waals surface area contributed by atoms with Crippen molar-refractivity contribution in [3.8, 4) is 0 Å². The van der Waals surface area contributed by atoms with Crippen LogP contribution in [-0.2, 0) is 6.54 Å². The lowest BCUT2D eigenvalue weighted by atomic mass is 10.2. The van der Waals surface area contributed by atoms with E-state index in [1.54, 1.807) is 12.4 Å². The number of hydrogen-bond donors (Lipinski definition) is 1. The summed E-state index contributed by atoms with van der Waals surface area (Å²) in [7, 11) is 0. The summed E-state index contributed by atoms with van der Waals surface area (Å²) in [6.45, 7) is 0.695. The van der Waals surface area contributed by atoms with E-state index >= 15 is 0 Å². The maximum absolute atomic E-state index is 4.45. The zero-order chi connectivity index (χ0) is 12.2. The van der Waals surface area contributed by atoms with Crippen molar-refractivity contribution in [1.82, 2.24) is 15.0 Å². The molecule has 0 amide bonds. The van der Waals surface area contributed by atoms with Gasteiger partial charge < -0.3 is 5.32 Å². The molecular formula is C14H12N4. The third-order valence-corrected chi connectivity index (χ3v) is 2.69. The van der Waals surface area contributed by atoms with Gasteiger partial charge in [0.1, 0.15) is 0 Å². The Labute approximate surface area is 105 Å². The van der Waals surface area contributed by atoms with Crippen LogP contribution in [0, 0.1) is 0 Å². The largest absolute Gasteiger partial charge is 0.350 e. The number of hydrogen-bond acceptors (Lipinski definition) is 4. The molecule has 2 heterocycles. The van der Waals surface area contributed by atoms with E-state index in [4.69, 9.17) is 0 Å². The van der Waals surface area contributed by atoms with Crippen LogP contribution in [0.2, 0.25) is 0 Å². The van der Waals surface area contributed by atoms with Crippen LogP contribution in [0.3, 0.4) is 0 Å². The number of rotatable bonds is 3. The van der Waals surface area contributed by atoms with Crippen LogP contribution in [-0.4, -0.2) is 15.0 Å². The highest BCUT2D eigenvalue weighted by Crippen LogP contribution is 2.12. The predicted molar refractivity (Wildman–Crippen MR) is 71.1 cm³/mol. The first-order valence-corrected chi connectivity index (χ1v) is 5.76. The van der Waals surface area contributed by atoms with Crippen LogP contribution in [0.1, 0.15) is 5.56 Å². The lowest BCUT2D eigenvalue weighted by Gasteiger charge is -2.05. The van der Waals surface area contributed by atoms with E-state index in [0.717, 1.165) is 16.5 Å². The highest BCUT2D eigenvalue weighted by Gasteiger charge is 1.99. The summed E-state index contributed by atoms with van der Waals surface area (Å²) < 4.78 is 0. The van der Waals surface area contributed by atoms with Crippen molar-refractivity contribution >= 4 is 16.9 Å². The van der Waals surface area contributed by atoms with Gasteiger partial charge in [0.25, 0.3) is 0 Å². The van der Waals surface area contributed by atoms with Crippen molar-refractivity contribution in [3.63, 3.8) is 0 Å². The summed E-state index contributed by atoms with van der Waals surface area (Å²) >= 11 is 0. The highest BCUT2D eigenvalue weighted by atomic mass is 15.1. The molecule has 0 unspecified atom stereocenters. The molecule has 4 heteroatoms. The summed E-state index contributed by atoms with van der Waals surface area (Å²) in [6.07, 6.45) is 5.38. The Morgan fingerprint density at radius 2 is 1.83 bits per heavy atom. The standard InChI is InChI=1S/C14H12N4/c1-2-4-13-12(3-1)10-17-14(18-13)16-9-11-5-7-15-8-6-11/h1-8,10H,9H2,(H,16,17,18). The molecule has 0 saturated heterocycles. The van der Waals surface area contributed by atoms with Gasteiger partial charge in [-0.3, -0.25) is 4.98 Å². The van der Waals surface area contributed by atoms with Gasteiger partial charge in [-0.15, -0.1) is 0 Å². The van der Waals surface area contributed by atoms with Crippen molar-refractivity contribution in [2.45, 2.75) is 6.54 Å². The fourth-order valence-corrected chi connectivity index (χ4v) is 1.74. The van der Waals surface area contributed by atoms with Gasteiger partial charge in [-0.25, -0.2) is 9.97 Å². The van der Waals surface area contributed by atoms with Crippen LogP contribution >= 0.6 is 0 Å². The van der Waals surface area contributed by atoms with E-state index < -0.39 is 0 Å². The molecule has 88 valence electrons. The van der Waals surface area contributed by atoms with Crippen molar-refractivity contribution in [2.75, 3.05) is 5.32 Å². The Morgan fingerprint density at radius 3 is 2.72 bits per heavy atom. The number of pyridine rings is 1. The second-order valence-electron chi connectivity index (χ2n) is 3.96. The van der Waals surface area contributed by atoms with Crippen molar-refractivity contribution in [1.29, 1.82) is 0 Å². The Hall–Kier alpha value is -2.49. The summed E-state index contributed by atoms with van der Waals surface area (Å²) in [5, 5.41) is 4.25. The molecule has 1 N–H and O–H groups in total. The number of para-hydroxylation sites is 1. The molecule has 0 aliphatic heterocycles.